The lowest BCUT2D eigenvalue weighted by Crippen LogP contribution is -2.54. The van der Waals surface area contributed by atoms with Crippen molar-refractivity contribution in [1.82, 2.24) is 29.7 Å². The van der Waals surface area contributed by atoms with Gasteiger partial charge in [-0.05, 0) is 117 Å². The molecule has 3 aliphatic rings. The number of nitrogens with one attached hydrogen (secondary N) is 1. The molecule has 6 aromatic rings. The fourth-order valence-corrected chi connectivity index (χ4v) is 9.55. The van der Waals surface area contributed by atoms with Crippen LogP contribution in [0, 0.1) is 0 Å². The molecule has 3 aromatic heterocycles. The van der Waals surface area contributed by atoms with E-state index >= 15 is 0 Å². The molecule has 17 nitrogen and oxygen atoms in total. The molecule has 2 fully saturated rings. The fourth-order valence-electron chi connectivity index (χ4n) is 9.55. The predicted molar refractivity (Wildman–Crippen MR) is 269 cm³/mol. The molecule has 4 amide bonds. The van der Waals surface area contributed by atoms with Gasteiger partial charge in [-0.2, -0.15) is 0 Å². The third-order valence-electron chi connectivity index (χ3n) is 13.6. The number of carbonyl (C=O) groups excluding carboxylic acids is 5. The number of benzene rings is 3. The van der Waals surface area contributed by atoms with Gasteiger partial charge in [-0.25, -0.2) is 15.0 Å². The Bertz CT molecular complexity index is 2950. The maximum absolute atomic E-state index is 13.3. The van der Waals surface area contributed by atoms with E-state index in [1.807, 2.05) is 41.0 Å². The van der Waals surface area contributed by atoms with Crippen molar-refractivity contribution >= 4 is 46.4 Å². The number of aromatic nitrogens is 4. The van der Waals surface area contributed by atoms with Crippen molar-refractivity contribution in [3.63, 3.8) is 0 Å². The minimum atomic E-state index is -0.997. The number of imide groups is 2. The number of carbonyl (C=O) groups is 5. The van der Waals surface area contributed by atoms with Crippen LogP contribution in [0.15, 0.2) is 97.2 Å². The summed E-state index contributed by atoms with van der Waals surface area (Å²) in [5.41, 5.74) is 21.1. The SMILES string of the molecule is Nc1ncccc1-c1nc2ccc(-c3cccc(CCCC(=O)CCOCCOCCOCCOCCCc4cccc5c4C(=O)N(C4CCC(=O)NC4=O)C5=O)c3)nc2n1-c1ccc(C2(N)CCC2)cc1. The van der Waals surface area contributed by atoms with E-state index in [0.717, 1.165) is 76.2 Å². The number of anilines is 1. The van der Waals surface area contributed by atoms with Gasteiger partial charge in [0.1, 0.15) is 23.2 Å². The van der Waals surface area contributed by atoms with E-state index in [4.69, 9.17) is 40.4 Å². The zero-order valence-electron chi connectivity index (χ0n) is 40.3. The van der Waals surface area contributed by atoms with Crippen LogP contribution in [0.1, 0.15) is 95.2 Å². The zero-order chi connectivity index (χ0) is 50.0. The van der Waals surface area contributed by atoms with Crippen LogP contribution >= 0.6 is 0 Å². The van der Waals surface area contributed by atoms with E-state index in [1.165, 1.54) is 0 Å². The highest BCUT2D eigenvalue weighted by atomic mass is 16.6. The quantitative estimate of drug-likeness (QED) is 0.0413. The van der Waals surface area contributed by atoms with Crippen LogP contribution in [-0.2, 0) is 51.7 Å². The molecule has 72 heavy (non-hydrogen) atoms. The number of nitrogens with two attached hydrogens (primary N) is 2. The number of Topliss-reactive ketones (excluding diaryl/α,β-unsaturated/α-hetero) is 1. The van der Waals surface area contributed by atoms with Crippen LogP contribution in [0.5, 0.6) is 0 Å². The predicted octanol–water partition coefficient (Wildman–Crippen LogP) is 6.45. The lowest BCUT2D eigenvalue weighted by molar-refractivity contribution is -0.136. The number of ketones is 1. The Kier molecular flexibility index (Phi) is 16.0. The second-order valence-corrected chi connectivity index (χ2v) is 18.5. The van der Waals surface area contributed by atoms with Gasteiger partial charge in [0, 0.05) is 48.9 Å². The molecule has 5 heterocycles. The molecule has 1 saturated heterocycles. The van der Waals surface area contributed by atoms with Crippen LogP contribution in [0.4, 0.5) is 5.82 Å². The first-order chi connectivity index (χ1) is 35.1. The first-order valence-electron chi connectivity index (χ1n) is 24.8. The van der Waals surface area contributed by atoms with Gasteiger partial charge in [-0.1, -0.05) is 42.5 Å². The largest absolute Gasteiger partial charge is 0.383 e. The van der Waals surface area contributed by atoms with Crippen molar-refractivity contribution in [2.24, 2.45) is 5.73 Å². The van der Waals surface area contributed by atoms with Crippen LogP contribution in [0.3, 0.4) is 0 Å². The van der Waals surface area contributed by atoms with E-state index in [-0.39, 0.29) is 29.7 Å². The Morgan fingerprint density at radius 2 is 1.46 bits per heavy atom. The summed E-state index contributed by atoms with van der Waals surface area (Å²) in [4.78, 5) is 78.5. The molecule has 0 spiro atoms. The van der Waals surface area contributed by atoms with Gasteiger partial charge in [0.25, 0.3) is 11.8 Å². The number of nitrogen functional groups attached to an aromatic ring is 1. The van der Waals surface area contributed by atoms with Crippen LogP contribution in [0.2, 0.25) is 0 Å². The third-order valence-corrected chi connectivity index (χ3v) is 13.6. The highest BCUT2D eigenvalue weighted by Crippen LogP contribution is 2.40. The number of imidazole rings is 1. The Hall–Kier alpha value is -7.02. The summed E-state index contributed by atoms with van der Waals surface area (Å²) in [5.74, 6) is -0.865. The minimum Gasteiger partial charge on any atom is -0.383 e. The van der Waals surface area contributed by atoms with Gasteiger partial charge in [-0.3, -0.25) is 38.8 Å². The van der Waals surface area contributed by atoms with E-state index in [9.17, 15) is 24.0 Å². The van der Waals surface area contributed by atoms with Gasteiger partial charge in [0.2, 0.25) is 11.8 Å². The van der Waals surface area contributed by atoms with Crippen LogP contribution in [0.25, 0.3) is 39.5 Å². The molecule has 0 bridgehead atoms. The molecule has 1 unspecified atom stereocenters. The number of piperidine rings is 1. The number of aryl methyl sites for hydroxylation is 2. The fraction of sp³-hybridized carbons (Fsp3) is 0.382. The second kappa shape index (κ2) is 23.0. The molecule has 3 aromatic carbocycles. The van der Waals surface area contributed by atoms with E-state index in [1.54, 1.807) is 24.4 Å². The summed E-state index contributed by atoms with van der Waals surface area (Å²) in [6.45, 7) is 3.11. The summed E-state index contributed by atoms with van der Waals surface area (Å²) in [5, 5.41) is 2.22. The Morgan fingerprint density at radius 1 is 0.736 bits per heavy atom. The number of rotatable bonds is 25. The number of nitrogens with zero attached hydrogens (tertiary/aromatic N) is 5. The van der Waals surface area contributed by atoms with Crippen LogP contribution in [-0.4, -0.2) is 113 Å². The first-order valence-corrected chi connectivity index (χ1v) is 24.8. The van der Waals surface area contributed by atoms with Crippen molar-refractivity contribution < 1.29 is 42.9 Å². The Balaban J connectivity index is 0.642. The smallest absolute Gasteiger partial charge is 0.262 e. The summed E-state index contributed by atoms with van der Waals surface area (Å²) in [7, 11) is 0. The normalized spacial score (nSPS) is 16.3. The number of pyridine rings is 2. The number of fused-ring (bicyclic) bond motifs is 2. The molecule has 5 N–H and O–H groups in total. The monoisotopic (exact) mass is 976 g/mol. The first kappa shape index (κ1) is 49.9. The number of amides is 4. The lowest BCUT2D eigenvalue weighted by Gasteiger charge is -2.38. The molecule has 374 valence electrons. The summed E-state index contributed by atoms with van der Waals surface area (Å²) >= 11 is 0. The average Bonchev–Trinajstić information content (AvgIpc) is 3.88. The zero-order valence-corrected chi connectivity index (χ0v) is 40.3. The molecule has 1 atom stereocenters. The van der Waals surface area contributed by atoms with Gasteiger partial charge in [0.05, 0.1) is 68.6 Å². The van der Waals surface area contributed by atoms with Gasteiger partial charge in [0.15, 0.2) is 11.5 Å². The molecular weight excluding hydrogens is 917 g/mol. The van der Waals surface area contributed by atoms with Crippen molar-refractivity contribution in [2.75, 3.05) is 58.6 Å². The molecule has 1 saturated carbocycles. The lowest BCUT2D eigenvalue weighted by atomic mass is 9.73. The van der Waals surface area contributed by atoms with Crippen molar-refractivity contribution in [1.29, 1.82) is 0 Å². The average molecular weight is 977 g/mol. The number of hydrogen-bond acceptors (Lipinski definition) is 14. The van der Waals surface area contributed by atoms with E-state index < -0.39 is 29.7 Å². The maximum atomic E-state index is 13.3. The van der Waals surface area contributed by atoms with Gasteiger partial charge < -0.3 is 30.4 Å². The summed E-state index contributed by atoms with van der Waals surface area (Å²) < 4.78 is 24.6. The molecule has 2 aliphatic heterocycles. The topological polar surface area (TPSA) is 233 Å². The van der Waals surface area contributed by atoms with Crippen LogP contribution < -0.4 is 16.8 Å². The van der Waals surface area contributed by atoms with Crippen molar-refractivity contribution in [3.05, 3.63) is 125 Å². The highest BCUT2D eigenvalue weighted by Gasteiger charge is 2.45. The minimum absolute atomic E-state index is 0.0716. The number of ether oxygens (including phenoxy) is 4. The molecule has 9 rings (SSSR count). The molecule has 0 radical (unpaired) electrons. The highest BCUT2D eigenvalue weighted by molar-refractivity contribution is 6.24. The molecule has 17 heteroatoms. The molecule has 1 aliphatic carbocycles. The van der Waals surface area contributed by atoms with Gasteiger partial charge in [-0.15, -0.1) is 0 Å². The van der Waals surface area contributed by atoms with Crippen molar-refractivity contribution in [2.45, 2.75) is 82.2 Å². The summed E-state index contributed by atoms with van der Waals surface area (Å²) in [6.07, 6.45) is 8.36. The Morgan fingerprint density at radius 3 is 2.18 bits per heavy atom. The standard InChI is InChI=1S/C55H60N8O9/c56-49-43(14-4-26-58-49)50-60-45-20-19-44(59-51(45)62(50)40-17-15-39(16-18-40)55(57)24-6-25-55)38-10-1-7-36(35-38)8-2-12-41(64)23-28-70-30-32-72-34-33-71-31-29-69-27-5-11-37-9-3-13-42-48(37)54(68)63(53(42)67)46-21-22-47(65)61-52(46)66/h1,3-4,7,9-10,13-20,26,35,46H,2,5-6,8,11-12,21-25,27-34,57H2,(H2,56,58)(H,61,65,66). The maximum Gasteiger partial charge on any atom is 0.262 e. The summed E-state index contributed by atoms with van der Waals surface area (Å²) in [6, 6.07) is 28.5. The van der Waals surface area contributed by atoms with E-state index in [0.29, 0.717) is 107 Å². The van der Waals surface area contributed by atoms with E-state index in [2.05, 4.69) is 46.7 Å². The van der Waals surface area contributed by atoms with Crippen molar-refractivity contribution in [3.8, 4) is 28.3 Å². The van der Waals surface area contributed by atoms with Gasteiger partial charge >= 0.3 is 0 Å². The second-order valence-electron chi connectivity index (χ2n) is 18.5. The third kappa shape index (κ3) is 11.4. The Labute approximate surface area is 417 Å². The molecular formula is C55H60N8O9. The number of hydrogen-bond donors (Lipinski definition) is 3.